The van der Waals surface area contributed by atoms with Crippen molar-refractivity contribution in [1.82, 2.24) is 19.7 Å². The molecule has 0 spiro atoms. The molecule has 0 unspecified atom stereocenters. The molecule has 0 aliphatic carbocycles. The average molecular weight is 267 g/mol. The van der Waals surface area contributed by atoms with Crippen molar-refractivity contribution in [2.75, 3.05) is 5.32 Å². The normalized spacial score (nSPS) is 10.4. The van der Waals surface area contributed by atoms with Crippen molar-refractivity contribution in [3.8, 4) is 5.69 Å². The van der Waals surface area contributed by atoms with Crippen molar-refractivity contribution in [2.24, 2.45) is 0 Å². The molecule has 0 fully saturated rings. The number of aryl methyl sites for hydroxylation is 1. The van der Waals surface area contributed by atoms with Gasteiger partial charge in [-0.1, -0.05) is 6.07 Å². The van der Waals surface area contributed by atoms with Crippen molar-refractivity contribution in [1.29, 1.82) is 0 Å². The zero-order valence-corrected chi connectivity index (χ0v) is 10.9. The summed E-state index contributed by atoms with van der Waals surface area (Å²) in [6.07, 6.45) is 5.23. The molecule has 2 N–H and O–H groups in total. The summed E-state index contributed by atoms with van der Waals surface area (Å²) in [6, 6.07) is 9.45. The van der Waals surface area contributed by atoms with Crippen LogP contribution in [0.4, 0.5) is 5.95 Å². The molecule has 0 radical (unpaired) electrons. The summed E-state index contributed by atoms with van der Waals surface area (Å²) in [6.45, 7) is 2.01. The zero-order valence-electron chi connectivity index (χ0n) is 10.9. The van der Waals surface area contributed by atoms with Gasteiger partial charge < -0.3 is 4.57 Å². The lowest BCUT2D eigenvalue weighted by Gasteiger charge is -2.09. The first kappa shape index (κ1) is 12.2. The second-order valence-corrected chi connectivity index (χ2v) is 4.38. The van der Waals surface area contributed by atoms with Crippen molar-refractivity contribution in [2.45, 2.75) is 6.92 Å². The number of amides is 1. The summed E-state index contributed by atoms with van der Waals surface area (Å²) in [4.78, 5) is 16.0. The van der Waals surface area contributed by atoms with Crippen LogP contribution < -0.4 is 5.32 Å². The maximum absolute atomic E-state index is 12.1. The van der Waals surface area contributed by atoms with E-state index in [-0.39, 0.29) is 5.91 Å². The number of hydrogen-bond donors (Lipinski definition) is 2. The fourth-order valence-corrected chi connectivity index (χ4v) is 1.97. The number of carbonyl (C=O) groups is 1. The summed E-state index contributed by atoms with van der Waals surface area (Å²) in [5, 5.41) is 8.93. The Balaban J connectivity index is 1.91. The standard InChI is InChI=1S/C14H13N5O/c1-10-4-5-11(8-12(10)19-6-2-3-7-19)13(20)17-14-15-9-16-18-14/h2-9H,1H3,(H2,15,16,17,18,20). The van der Waals surface area contributed by atoms with Crippen LogP contribution in [-0.2, 0) is 0 Å². The Morgan fingerprint density at radius 2 is 2.10 bits per heavy atom. The number of carbonyl (C=O) groups excluding carboxylic acids is 1. The number of aromatic amines is 1. The summed E-state index contributed by atoms with van der Waals surface area (Å²) < 4.78 is 1.97. The van der Waals surface area contributed by atoms with Gasteiger partial charge in [-0.05, 0) is 36.8 Å². The highest BCUT2D eigenvalue weighted by molar-refractivity contribution is 6.03. The number of nitrogens with one attached hydrogen (secondary N) is 2. The van der Waals surface area contributed by atoms with E-state index in [1.54, 1.807) is 6.07 Å². The SMILES string of the molecule is Cc1ccc(C(=O)Nc2ncn[nH]2)cc1-n1cccc1. The van der Waals surface area contributed by atoms with Crippen molar-refractivity contribution in [3.05, 3.63) is 60.2 Å². The minimum atomic E-state index is -0.227. The lowest BCUT2D eigenvalue weighted by Crippen LogP contribution is -2.13. The molecule has 100 valence electrons. The van der Waals surface area contributed by atoms with Crippen LogP contribution in [0.15, 0.2) is 49.1 Å². The van der Waals surface area contributed by atoms with Gasteiger partial charge in [-0.15, -0.1) is 0 Å². The number of H-pyrrole nitrogens is 1. The van der Waals surface area contributed by atoms with Crippen LogP contribution in [-0.4, -0.2) is 25.7 Å². The largest absolute Gasteiger partial charge is 0.324 e. The van der Waals surface area contributed by atoms with Crippen LogP contribution in [0, 0.1) is 6.92 Å². The molecule has 0 saturated carbocycles. The Labute approximate surface area is 115 Å². The van der Waals surface area contributed by atoms with E-state index < -0.39 is 0 Å². The monoisotopic (exact) mass is 267 g/mol. The van der Waals surface area contributed by atoms with Crippen LogP contribution >= 0.6 is 0 Å². The number of hydrogen-bond acceptors (Lipinski definition) is 3. The molecule has 6 nitrogen and oxygen atoms in total. The van der Waals surface area contributed by atoms with E-state index >= 15 is 0 Å². The minimum absolute atomic E-state index is 0.227. The first-order valence-corrected chi connectivity index (χ1v) is 6.15. The van der Waals surface area contributed by atoms with Gasteiger partial charge in [-0.25, -0.2) is 5.10 Å². The van der Waals surface area contributed by atoms with Gasteiger partial charge >= 0.3 is 0 Å². The van der Waals surface area contributed by atoms with E-state index in [0.29, 0.717) is 11.5 Å². The molecule has 6 heteroatoms. The van der Waals surface area contributed by atoms with Crippen molar-refractivity contribution >= 4 is 11.9 Å². The van der Waals surface area contributed by atoms with Crippen LogP contribution in [0.2, 0.25) is 0 Å². The Morgan fingerprint density at radius 1 is 1.30 bits per heavy atom. The molecule has 3 rings (SSSR count). The van der Waals surface area contributed by atoms with Gasteiger partial charge in [0.05, 0.1) is 0 Å². The summed E-state index contributed by atoms with van der Waals surface area (Å²) in [5.74, 6) is 0.105. The number of rotatable bonds is 3. The molecule has 2 aromatic heterocycles. The molecule has 0 aliphatic rings. The Bertz CT molecular complexity index is 716. The molecule has 0 atom stereocenters. The van der Waals surface area contributed by atoms with Gasteiger partial charge in [0.1, 0.15) is 6.33 Å². The predicted molar refractivity (Wildman–Crippen MR) is 74.8 cm³/mol. The quantitative estimate of drug-likeness (QED) is 0.763. The van der Waals surface area contributed by atoms with E-state index in [9.17, 15) is 4.79 Å². The predicted octanol–water partition coefficient (Wildman–Crippen LogP) is 2.16. The third kappa shape index (κ3) is 2.31. The number of anilines is 1. The summed E-state index contributed by atoms with van der Waals surface area (Å²) >= 11 is 0. The van der Waals surface area contributed by atoms with Crippen molar-refractivity contribution in [3.63, 3.8) is 0 Å². The molecular weight excluding hydrogens is 254 g/mol. The van der Waals surface area contributed by atoms with E-state index in [4.69, 9.17) is 0 Å². The molecule has 0 saturated heterocycles. The lowest BCUT2D eigenvalue weighted by molar-refractivity contribution is 0.102. The number of aromatic nitrogens is 4. The molecular formula is C14H13N5O. The van der Waals surface area contributed by atoms with Crippen LogP contribution in [0.3, 0.4) is 0 Å². The minimum Gasteiger partial charge on any atom is -0.324 e. The molecule has 3 aromatic rings. The van der Waals surface area contributed by atoms with E-state index in [1.807, 2.05) is 48.1 Å². The number of benzene rings is 1. The maximum Gasteiger partial charge on any atom is 0.258 e. The highest BCUT2D eigenvalue weighted by Gasteiger charge is 2.10. The molecule has 20 heavy (non-hydrogen) atoms. The second-order valence-electron chi connectivity index (χ2n) is 4.38. The van der Waals surface area contributed by atoms with E-state index in [1.165, 1.54) is 6.33 Å². The first-order valence-electron chi connectivity index (χ1n) is 6.15. The van der Waals surface area contributed by atoms with E-state index in [0.717, 1.165) is 11.3 Å². The molecule has 1 amide bonds. The van der Waals surface area contributed by atoms with Gasteiger partial charge in [-0.3, -0.25) is 10.1 Å². The fraction of sp³-hybridized carbons (Fsp3) is 0.0714. The average Bonchev–Trinajstić information content (AvgIpc) is 3.11. The van der Waals surface area contributed by atoms with Gasteiger partial charge in [-0.2, -0.15) is 10.1 Å². The Kier molecular flexibility index (Phi) is 3.04. The number of nitrogens with zero attached hydrogens (tertiary/aromatic N) is 3. The summed E-state index contributed by atoms with van der Waals surface area (Å²) in [7, 11) is 0. The molecule has 0 aliphatic heterocycles. The van der Waals surface area contributed by atoms with Crippen LogP contribution in [0.25, 0.3) is 5.69 Å². The van der Waals surface area contributed by atoms with Crippen LogP contribution in [0.5, 0.6) is 0 Å². The van der Waals surface area contributed by atoms with Gasteiger partial charge in [0, 0.05) is 23.6 Å². The maximum atomic E-state index is 12.1. The molecule has 0 bridgehead atoms. The Hall–Kier alpha value is -2.89. The first-order chi connectivity index (χ1) is 9.74. The summed E-state index contributed by atoms with van der Waals surface area (Å²) in [5.41, 5.74) is 2.63. The highest BCUT2D eigenvalue weighted by Crippen LogP contribution is 2.17. The zero-order chi connectivity index (χ0) is 13.9. The van der Waals surface area contributed by atoms with Gasteiger partial charge in [0.2, 0.25) is 5.95 Å². The third-order valence-corrected chi connectivity index (χ3v) is 3.00. The van der Waals surface area contributed by atoms with Crippen LogP contribution in [0.1, 0.15) is 15.9 Å². The molecule has 2 heterocycles. The van der Waals surface area contributed by atoms with Gasteiger partial charge in [0.15, 0.2) is 0 Å². The van der Waals surface area contributed by atoms with Crippen molar-refractivity contribution < 1.29 is 4.79 Å². The second kappa shape index (κ2) is 5.00. The topological polar surface area (TPSA) is 75.6 Å². The Morgan fingerprint density at radius 3 is 2.80 bits per heavy atom. The fourth-order valence-electron chi connectivity index (χ4n) is 1.97. The smallest absolute Gasteiger partial charge is 0.258 e. The third-order valence-electron chi connectivity index (χ3n) is 3.00. The highest BCUT2D eigenvalue weighted by atomic mass is 16.1. The molecule has 1 aromatic carbocycles. The van der Waals surface area contributed by atoms with Gasteiger partial charge in [0.25, 0.3) is 5.91 Å². The lowest BCUT2D eigenvalue weighted by atomic mass is 10.1. The van der Waals surface area contributed by atoms with E-state index in [2.05, 4.69) is 20.5 Å².